The van der Waals surface area contributed by atoms with Gasteiger partial charge < -0.3 is 0 Å². The highest BCUT2D eigenvalue weighted by atomic mass is 32.1. The Morgan fingerprint density at radius 2 is 1.57 bits per heavy atom. The van der Waals surface area contributed by atoms with Crippen molar-refractivity contribution in [1.29, 1.82) is 0 Å². The zero-order valence-electron chi connectivity index (χ0n) is 12.1. The number of para-hydroxylation sites is 1. The van der Waals surface area contributed by atoms with Gasteiger partial charge in [-0.2, -0.15) is 0 Å². The van der Waals surface area contributed by atoms with Gasteiger partial charge in [-0.3, -0.25) is 4.57 Å². The van der Waals surface area contributed by atoms with Gasteiger partial charge in [0.2, 0.25) is 4.77 Å². The van der Waals surface area contributed by atoms with Gasteiger partial charge >= 0.3 is 0 Å². The smallest absolute Gasteiger partial charge is 0.204 e. The maximum Gasteiger partial charge on any atom is 0.204 e. The van der Waals surface area contributed by atoms with Crippen LogP contribution in [0, 0.1) is 18.6 Å². The Hall–Kier alpha value is -2.26. The van der Waals surface area contributed by atoms with Crippen molar-refractivity contribution in [3.8, 4) is 16.9 Å². The first-order valence-corrected chi connectivity index (χ1v) is 7.29. The highest BCUT2D eigenvalue weighted by Crippen LogP contribution is 2.24. The molecule has 0 atom stereocenters. The van der Waals surface area contributed by atoms with Gasteiger partial charge in [0, 0.05) is 11.4 Å². The molecule has 2 nitrogen and oxygen atoms in total. The number of benzene rings is 2. The van der Waals surface area contributed by atoms with E-state index in [0.29, 0.717) is 4.77 Å². The van der Waals surface area contributed by atoms with Crippen LogP contribution in [0.4, 0.5) is 0 Å². The fraction of sp³-hybridized carbons (Fsp3) is 0.111. The molecular formula is C18H16N2S. The molecule has 21 heavy (non-hydrogen) atoms. The van der Waals surface area contributed by atoms with Crippen LogP contribution in [-0.2, 0) is 0 Å². The Bertz CT molecular complexity index is 818. The molecule has 3 aromatic rings. The maximum atomic E-state index is 5.49. The molecule has 1 aromatic heterocycles. The van der Waals surface area contributed by atoms with E-state index < -0.39 is 0 Å². The molecule has 0 spiro atoms. The van der Waals surface area contributed by atoms with E-state index in [9.17, 15) is 0 Å². The Kier molecular flexibility index (Phi) is 3.67. The van der Waals surface area contributed by atoms with E-state index in [1.165, 1.54) is 5.56 Å². The Balaban J connectivity index is 2.29. The van der Waals surface area contributed by atoms with Crippen LogP contribution in [0.5, 0.6) is 0 Å². The van der Waals surface area contributed by atoms with E-state index in [1.807, 2.05) is 41.8 Å². The lowest BCUT2D eigenvalue weighted by atomic mass is 10.1. The molecule has 0 aliphatic heterocycles. The molecule has 0 unspecified atom stereocenters. The van der Waals surface area contributed by atoms with Crippen LogP contribution >= 0.6 is 12.2 Å². The topological polar surface area (TPSA) is 17.8 Å². The van der Waals surface area contributed by atoms with Crippen LogP contribution in [-0.4, -0.2) is 9.55 Å². The van der Waals surface area contributed by atoms with E-state index >= 15 is 0 Å². The maximum absolute atomic E-state index is 5.49. The van der Waals surface area contributed by atoms with Crippen LogP contribution in [0.3, 0.4) is 0 Å². The number of aromatic nitrogens is 2. The van der Waals surface area contributed by atoms with Gasteiger partial charge in [-0.05, 0) is 49.8 Å². The summed E-state index contributed by atoms with van der Waals surface area (Å²) in [6.07, 6.45) is 0. The van der Waals surface area contributed by atoms with Crippen molar-refractivity contribution in [3.05, 3.63) is 76.7 Å². The highest BCUT2D eigenvalue weighted by Gasteiger charge is 2.08. The summed E-state index contributed by atoms with van der Waals surface area (Å²) >= 11 is 5.49. The summed E-state index contributed by atoms with van der Waals surface area (Å²) in [5, 5.41) is 0. The molecular weight excluding hydrogens is 276 g/mol. The van der Waals surface area contributed by atoms with E-state index in [0.717, 1.165) is 22.6 Å². The minimum Gasteiger partial charge on any atom is -0.285 e. The average Bonchev–Trinajstić information content (AvgIpc) is 2.48. The van der Waals surface area contributed by atoms with Gasteiger partial charge in [-0.25, -0.2) is 4.98 Å². The molecule has 0 amide bonds. The summed E-state index contributed by atoms with van der Waals surface area (Å²) in [5.41, 5.74) is 5.42. The third-order valence-corrected chi connectivity index (χ3v) is 3.69. The van der Waals surface area contributed by atoms with Crippen molar-refractivity contribution in [2.24, 2.45) is 0 Å². The summed E-state index contributed by atoms with van der Waals surface area (Å²) in [6.45, 7) is 4.06. The van der Waals surface area contributed by atoms with Crippen molar-refractivity contribution >= 4 is 12.2 Å². The third-order valence-electron chi connectivity index (χ3n) is 3.41. The first kappa shape index (κ1) is 13.7. The molecule has 0 aliphatic carbocycles. The molecule has 1 heterocycles. The van der Waals surface area contributed by atoms with Crippen molar-refractivity contribution in [3.63, 3.8) is 0 Å². The van der Waals surface area contributed by atoms with E-state index in [2.05, 4.69) is 42.2 Å². The average molecular weight is 292 g/mol. The number of aryl methyl sites for hydroxylation is 2. The normalized spacial score (nSPS) is 10.6. The lowest BCUT2D eigenvalue weighted by molar-refractivity contribution is 0.943. The minimum absolute atomic E-state index is 0.580. The first-order chi connectivity index (χ1) is 10.1. The Morgan fingerprint density at radius 1 is 0.905 bits per heavy atom. The van der Waals surface area contributed by atoms with Crippen molar-refractivity contribution in [2.45, 2.75) is 13.8 Å². The fourth-order valence-corrected chi connectivity index (χ4v) is 2.71. The first-order valence-electron chi connectivity index (χ1n) is 6.88. The van der Waals surface area contributed by atoms with Crippen LogP contribution in [0.25, 0.3) is 16.9 Å². The van der Waals surface area contributed by atoms with Crippen LogP contribution in [0.1, 0.15) is 11.3 Å². The highest BCUT2D eigenvalue weighted by molar-refractivity contribution is 7.71. The fourth-order valence-electron chi connectivity index (χ4n) is 2.36. The van der Waals surface area contributed by atoms with E-state index in [4.69, 9.17) is 12.2 Å². The standard InChI is InChI=1S/C18H16N2S/c1-13-8-10-15(11-9-13)17-12-14(2)19-18(21)20(17)16-6-4-3-5-7-16/h3-12H,1-2H3. The molecule has 0 saturated heterocycles. The van der Waals surface area contributed by atoms with Gasteiger partial charge in [-0.1, -0.05) is 48.0 Å². The second-order valence-electron chi connectivity index (χ2n) is 5.10. The number of hydrogen-bond acceptors (Lipinski definition) is 2. The van der Waals surface area contributed by atoms with Crippen molar-refractivity contribution < 1.29 is 0 Å². The molecule has 2 aromatic carbocycles. The summed E-state index contributed by atoms with van der Waals surface area (Å²) < 4.78 is 2.60. The summed E-state index contributed by atoms with van der Waals surface area (Å²) in [7, 11) is 0. The second kappa shape index (κ2) is 5.62. The zero-order chi connectivity index (χ0) is 14.8. The number of hydrogen-bond donors (Lipinski definition) is 0. The van der Waals surface area contributed by atoms with Gasteiger partial charge in [-0.15, -0.1) is 0 Å². The molecule has 0 fully saturated rings. The molecule has 3 heteroatoms. The van der Waals surface area contributed by atoms with Gasteiger partial charge in [0.15, 0.2) is 0 Å². The van der Waals surface area contributed by atoms with Gasteiger partial charge in [0.1, 0.15) is 0 Å². The molecule has 0 saturated carbocycles. The summed E-state index contributed by atoms with van der Waals surface area (Å²) in [4.78, 5) is 4.43. The predicted octanol–water partition coefficient (Wildman–Crippen LogP) is 4.89. The summed E-state index contributed by atoms with van der Waals surface area (Å²) in [5.74, 6) is 0. The van der Waals surface area contributed by atoms with Gasteiger partial charge in [0.25, 0.3) is 0 Å². The van der Waals surface area contributed by atoms with E-state index in [1.54, 1.807) is 0 Å². The molecule has 104 valence electrons. The number of rotatable bonds is 2. The molecule has 0 N–H and O–H groups in total. The molecule has 0 bridgehead atoms. The van der Waals surface area contributed by atoms with Gasteiger partial charge in [0.05, 0.1) is 5.69 Å². The lowest BCUT2D eigenvalue weighted by Crippen LogP contribution is -2.04. The van der Waals surface area contributed by atoms with Crippen molar-refractivity contribution in [2.75, 3.05) is 0 Å². The van der Waals surface area contributed by atoms with Crippen LogP contribution in [0.2, 0.25) is 0 Å². The monoisotopic (exact) mass is 292 g/mol. The number of nitrogens with zero attached hydrogens (tertiary/aromatic N) is 2. The largest absolute Gasteiger partial charge is 0.285 e. The molecule has 0 radical (unpaired) electrons. The van der Waals surface area contributed by atoms with E-state index in [-0.39, 0.29) is 0 Å². The quantitative estimate of drug-likeness (QED) is 0.626. The lowest BCUT2D eigenvalue weighted by Gasteiger charge is -2.15. The molecule has 3 rings (SSSR count). The second-order valence-corrected chi connectivity index (χ2v) is 5.47. The Labute approximate surface area is 129 Å². The summed E-state index contributed by atoms with van der Waals surface area (Å²) in [6, 6.07) is 20.7. The third kappa shape index (κ3) is 2.78. The zero-order valence-corrected chi connectivity index (χ0v) is 12.9. The van der Waals surface area contributed by atoms with Crippen LogP contribution < -0.4 is 0 Å². The Morgan fingerprint density at radius 3 is 2.24 bits per heavy atom. The minimum atomic E-state index is 0.580. The van der Waals surface area contributed by atoms with Crippen LogP contribution in [0.15, 0.2) is 60.7 Å². The predicted molar refractivity (Wildman–Crippen MR) is 89.3 cm³/mol. The SMILES string of the molecule is Cc1ccc(-c2cc(C)nc(=S)n2-c2ccccc2)cc1. The van der Waals surface area contributed by atoms with Crippen molar-refractivity contribution in [1.82, 2.24) is 9.55 Å². The molecule has 0 aliphatic rings.